The Labute approximate surface area is 91.3 Å². The molecular weight excluding hydrogens is 229 g/mol. The van der Waals surface area contributed by atoms with Crippen LogP contribution >= 0.6 is 7.60 Å². The number of hydrogen-bond donors (Lipinski definition) is 3. The molecule has 1 aromatic heterocycles. The van der Waals surface area contributed by atoms with Gasteiger partial charge in [0.2, 0.25) is 0 Å². The molecule has 0 saturated carbocycles. The molecule has 0 unspecified atom stereocenters. The number of fused-ring (bicyclic) bond motifs is 1. The van der Waals surface area contributed by atoms with Crippen molar-refractivity contribution in [3.63, 3.8) is 0 Å². The number of aromatic amines is 1. The molecule has 0 saturated heterocycles. The van der Waals surface area contributed by atoms with E-state index in [0.29, 0.717) is 0 Å². The Hall–Kier alpha value is -1.42. The zero-order chi connectivity index (χ0) is 11.8. The lowest BCUT2D eigenvalue weighted by Gasteiger charge is -2.00. The summed E-state index contributed by atoms with van der Waals surface area (Å²) in [5.41, 5.74) is 1.00. The monoisotopic (exact) mass is 239 g/mol. The van der Waals surface area contributed by atoms with Crippen LogP contribution in [-0.2, 0) is 4.57 Å². The molecule has 0 atom stereocenters. The van der Waals surface area contributed by atoms with Gasteiger partial charge in [0.05, 0.1) is 5.69 Å². The molecule has 1 aromatic carbocycles. The highest BCUT2D eigenvalue weighted by molar-refractivity contribution is 7.52. The molecule has 2 aromatic rings. The van der Waals surface area contributed by atoms with Gasteiger partial charge in [-0.1, -0.05) is 18.2 Å². The smallest absolute Gasteiger partial charge is 0.333 e. The second-order valence-corrected chi connectivity index (χ2v) is 5.16. The fourth-order valence-corrected chi connectivity index (χ4v) is 2.04. The van der Waals surface area contributed by atoms with Crippen LogP contribution in [0, 0.1) is 0 Å². The number of nitrogens with one attached hydrogen (secondary N) is 1. The van der Waals surface area contributed by atoms with Crippen LogP contribution in [0.15, 0.2) is 30.3 Å². The fourth-order valence-electron chi connectivity index (χ4n) is 1.50. The third-order valence-electron chi connectivity index (χ3n) is 2.18. The van der Waals surface area contributed by atoms with Gasteiger partial charge < -0.3 is 14.8 Å². The minimum Gasteiger partial charge on any atom is -0.352 e. The van der Waals surface area contributed by atoms with E-state index in [2.05, 4.69) is 4.98 Å². The third kappa shape index (κ3) is 2.39. The van der Waals surface area contributed by atoms with Crippen molar-refractivity contribution in [3.8, 4) is 0 Å². The summed E-state index contributed by atoms with van der Waals surface area (Å²) in [5, 5.41) is 0.844. The number of aromatic nitrogens is 1. The number of rotatable bonds is 3. The van der Waals surface area contributed by atoms with Gasteiger partial charge in [0.15, 0.2) is 5.78 Å². The molecule has 6 heteroatoms. The normalized spacial score (nSPS) is 11.9. The predicted molar refractivity (Wildman–Crippen MR) is 59.5 cm³/mol. The first-order chi connectivity index (χ1) is 7.46. The van der Waals surface area contributed by atoms with E-state index in [0.717, 1.165) is 10.9 Å². The van der Waals surface area contributed by atoms with Gasteiger partial charge >= 0.3 is 7.60 Å². The van der Waals surface area contributed by atoms with E-state index in [1.54, 1.807) is 12.1 Å². The highest BCUT2D eigenvalue weighted by atomic mass is 31.2. The van der Waals surface area contributed by atoms with Crippen molar-refractivity contribution < 1.29 is 19.1 Å². The van der Waals surface area contributed by atoms with E-state index in [4.69, 9.17) is 9.79 Å². The molecule has 0 aliphatic rings. The maximum Gasteiger partial charge on any atom is 0.333 e. The largest absolute Gasteiger partial charge is 0.352 e. The van der Waals surface area contributed by atoms with Crippen molar-refractivity contribution in [1.82, 2.24) is 4.98 Å². The topological polar surface area (TPSA) is 90.4 Å². The van der Waals surface area contributed by atoms with Gasteiger partial charge in [0, 0.05) is 10.9 Å². The number of para-hydroxylation sites is 1. The lowest BCUT2D eigenvalue weighted by molar-refractivity contribution is 0.101. The molecule has 5 nitrogen and oxygen atoms in total. The molecule has 84 valence electrons. The van der Waals surface area contributed by atoms with E-state index in [-0.39, 0.29) is 5.69 Å². The molecule has 0 aliphatic carbocycles. The first-order valence-corrected chi connectivity index (χ1v) is 6.41. The van der Waals surface area contributed by atoms with Crippen molar-refractivity contribution in [1.29, 1.82) is 0 Å². The molecular formula is C10H10NO4P. The van der Waals surface area contributed by atoms with Crippen LogP contribution in [-0.4, -0.2) is 26.7 Å². The second-order valence-electron chi connectivity index (χ2n) is 3.52. The number of hydrogen-bond acceptors (Lipinski definition) is 2. The SMILES string of the molecule is O=C(CP(=O)(O)O)c1cc2ccccc2[nH]1. The van der Waals surface area contributed by atoms with Crippen LogP contribution in [0.3, 0.4) is 0 Å². The summed E-state index contributed by atoms with van der Waals surface area (Å²) in [4.78, 5) is 31.7. The van der Waals surface area contributed by atoms with E-state index in [9.17, 15) is 9.36 Å². The van der Waals surface area contributed by atoms with E-state index in [1.165, 1.54) is 0 Å². The summed E-state index contributed by atoms with van der Waals surface area (Å²) in [7, 11) is -4.30. The van der Waals surface area contributed by atoms with Crippen molar-refractivity contribution in [3.05, 3.63) is 36.0 Å². The zero-order valence-corrected chi connectivity index (χ0v) is 9.15. The van der Waals surface area contributed by atoms with Crippen molar-refractivity contribution in [2.24, 2.45) is 0 Å². The summed E-state index contributed by atoms with van der Waals surface area (Å²) in [6.07, 6.45) is -0.764. The van der Waals surface area contributed by atoms with Crippen molar-refractivity contribution >= 4 is 24.3 Å². The van der Waals surface area contributed by atoms with Crippen molar-refractivity contribution in [2.75, 3.05) is 6.16 Å². The van der Waals surface area contributed by atoms with Crippen LogP contribution in [0.2, 0.25) is 0 Å². The Morgan fingerprint density at radius 1 is 1.31 bits per heavy atom. The summed E-state index contributed by atoms with van der Waals surface area (Å²) < 4.78 is 10.7. The molecule has 1 heterocycles. The van der Waals surface area contributed by atoms with E-state index >= 15 is 0 Å². The maximum atomic E-state index is 11.5. The number of carbonyl (C=O) groups excluding carboxylic acids is 1. The van der Waals surface area contributed by atoms with Gasteiger partial charge in [-0.15, -0.1) is 0 Å². The summed E-state index contributed by atoms with van der Waals surface area (Å²) in [6, 6.07) is 8.85. The Morgan fingerprint density at radius 2 is 2.00 bits per heavy atom. The van der Waals surface area contributed by atoms with Gasteiger partial charge in [0.25, 0.3) is 0 Å². The minimum absolute atomic E-state index is 0.226. The number of benzene rings is 1. The highest BCUT2D eigenvalue weighted by Crippen LogP contribution is 2.35. The van der Waals surface area contributed by atoms with E-state index in [1.807, 2.05) is 18.2 Å². The molecule has 0 fully saturated rings. The number of carbonyl (C=O) groups is 1. The van der Waals surface area contributed by atoms with Gasteiger partial charge in [-0.2, -0.15) is 0 Å². The lowest BCUT2D eigenvalue weighted by Crippen LogP contribution is -2.05. The average Bonchev–Trinajstić information content (AvgIpc) is 2.58. The maximum absolute atomic E-state index is 11.5. The summed E-state index contributed by atoms with van der Waals surface area (Å²) >= 11 is 0. The Balaban J connectivity index is 2.34. The molecule has 2 rings (SSSR count). The Bertz CT molecular complexity index is 550. The van der Waals surface area contributed by atoms with Crippen LogP contribution in [0.1, 0.15) is 10.5 Å². The first-order valence-electron chi connectivity index (χ1n) is 4.61. The predicted octanol–water partition coefficient (Wildman–Crippen LogP) is 1.53. The molecule has 3 N–H and O–H groups in total. The van der Waals surface area contributed by atoms with Crippen LogP contribution in [0.5, 0.6) is 0 Å². The first kappa shape index (κ1) is 11.1. The highest BCUT2D eigenvalue weighted by Gasteiger charge is 2.21. The summed E-state index contributed by atoms with van der Waals surface area (Å²) in [5.74, 6) is -0.579. The lowest BCUT2D eigenvalue weighted by atomic mass is 10.2. The zero-order valence-electron chi connectivity index (χ0n) is 8.25. The van der Waals surface area contributed by atoms with Crippen LogP contribution < -0.4 is 0 Å². The van der Waals surface area contributed by atoms with Gasteiger partial charge in [-0.05, 0) is 12.1 Å². The summed E-state index contributed by atoms with van der Waals surface area (Å²) in [6.45, 7) is 0. The minimum atomic E-state index is -4.30. The molecule has 16 heavy (non-hydrogen) atoms. The van der Waals surface area contributed by atoms with Crippen LogP contribution in [0.25, 0.3) is 10.9 Å². The quantitative estimate of drug-likeness (QED) is 0.559. The van der Waals surface area contributed by atoms with E-state index < -0.39 is 19.5 Å². The van der Waals surface area contributed by atoms with Gasteiger partial charge in [-0.3, -0.25) is 9.36 Å². The number of H-pyrrole nitrogens is 1. The van der Waals surface area contributed by atoms with Crippen LogP contribution in [0.4, 0.5) is 0 Å². The third-order valence-corrected chi connectivity index (χ3v) is 2.88. The Kier molecular flexibility index (Phi) is 2.68. The number of Topliss-reactive ketones (excluding diaryl/α,β-unsaturated/α-hetero) is 1. The standard InChI is InChI=1S/C10H10NO4P/c12-10(6-16(13,14)15)9-5-7-3-1-2-4-8(7)11-9/h1-5,11H,6H2,(H2,13,14,15). The number of ketones is 1. The molecule has 0 radical (unpaired) electrons. The Morgan fingerprint density at radius 3 is 2.62 bits per heavy atom. The molecule has 0 aliphatic heterocycles. The molecule has 0 amide bonds. The second kappa shape index (κ2) is 3.87. The molecule has 0 bridgehead atoms. The average molecular weight is 239 g/mol. The van der Waals surface area contributed by atoms with Crippen molar-refractivity contribution in [2.45, 2.75) is 0 Å². The van der Waals surface area contributed by atoms with Gasteiger partial charge in [-0.25, -0.2) is 0 Å². The fraction of sp³-hybridized carbons (Fsp3) is 0.100. The molecule has 0 spiro atoms. The van der Waals surface area contributed by atoms with Gasteiger partial charge in [0.1, 0.15) is 6.16 Å².